The molecule has 6 rings (SSSR count). The first kappa shape index (κ1) is 24.7. The summed E-state index contributed by atoms with van der Waals surface area (Å²) in [5.41, 5.74) is 5.41. The Bertz CT molecular complexity index is 1430. The summed E-state index contributed by atoms with van der Waals surface area (Å²) >= 11 is 0. The second-order valence-electron chi connectivity index (χ2n) is 10.1. The highest BCUT2D eigenvalue weighted by atomic mass is 16.5. The van der Waals surface area contributed by atoms with Crippen LogP contribution in [0.4, 0.5) is 0 Å². The fraction of sp³-hybridized carbons (Fsp3) is 0.393. The van der Waals surface area contributed by atoms with Gasteiger partial charge < -0.3 is 24.7 Å². The van der Waals surface area contributed by atoms with E-state index in [-0.39, 0.29) is 18.3 Å². The summed E-state index contributed by atoms with van der Waals surface area (Å²) in [4.78, 5) is 19.3. The molecular formula is C28H32N6O4. The Kier molecular flexibility index (Phi) is 6.94. The van der Waals surface area contributed by atoms with Crippen LogP contribution in [-0.2, 0) is 17.7 Å². The van der Waals surface area contributed by atoms with Crippen molar-refractivity contribution in [1.29, 1.82) is 0 Å². The number of rotatable bonds is 8. The lowest BCUT2D eigenvalue weighted by Gasteiger charge is -2.31. The van der Waals surface area contributed by atoms with Crippen LogP contribution in [0.15, 0.2) is 61.2 Å². The molecule has 3 aromatic heterocycles. The van der Waals surface area contributed by atoms with Gasteiger partial charge in [-0.3, -0.25) is 14.4 Å². The van der Waals surface area contributed by atoms with Gasteiger partial charge in [0, 0.05) is 62.5 Å². The van der Waals surface area contributed by atoms with Gasteiger partial charge in [-0.15, -0.1) is 0 Å². The third kappa shape index (κ3) is 5.21. The first-order chi connectivity index (χ1) is 18.5. The van der Waals surface area contributed by atoms with Gasteiger partial charge in [-0.05, 0) is 36.1 Å². The minimum absolute atomic E-state index is 0.0619. The molecule has 0 aliphatic carbocycles. The lowest BCUT2D eigenvalue weighted by molar-refractivity contribution is -0.00343. The third-order valence-corrected chi connectivity index (χ3v) is 7.47. The molecule has 1 fully saturated rings. The van der Waals surface area contributed by atoms with Crippen LogP contribution < -0.4 is 5.32 Å². The van der Waals surface area contributed by atoms with Crippen molar-refractivity contribution in [3.63, 3.8) is 0 Å². The van der Waals surface area contributed by atoms with E-state index in [1.807, 2.05) is 47.5 Å². The average molecular weight is 517 g/mol. The first-order valence-electron chi connectivity index (χ1n) is 13.1. The van der Waals surface area contributed by atoms with Gasteiger partial charge in [0.2, 0.25) is 0 Å². The van der Waals surface area contributed by atoms with Crippen LogP contribution >= 0.6 is 0 Å². The summed E-state index contributed by atoms with van der Waals surface area (Å²) in [6.45, 7) is 3.28. The van der Waals surface area contributed by atoms with Crippen molar-refractivity contribution in [2.45, 2.75) is 37.6 Å². The van der Waals surface area contributed by atoms with Gasteiger partial charge in [0.1, 0.15) is 11.3 Å². The maximum absolute atomic E-state index is 12.8. The molecular weight excluding hydrogens is 484 g/mol. The van der Waals surface area contributed by atoms with E-state index in [1.54, 1.807) is 10.6 Å². The third-order valence-electron chi connectivity index (χ3n) is 7.47. The number of β-amino-alcohol motifs (C(OH)–C–C–N with tert-alkyl or cyclic N) is 1. The van der Waals surface area contributed by atoms with Gasteiger partial charge in [-0.2, -0.15) is 5.10 Å². The van der Waals surface area contributed by atoms with Crippen molar-refractivity contribution >= 4 is 11.6 Å². The highest BCUT2D eigenvalue weighted by molar-refractivity contribution is 5.92. The zero-order valence-corrected chi connectivity index (χ0v) is 21.1. The lowest BCUT2D eigenvalue weighted by Crippen LogP contribution is -2.45. The second kappa shape index (κ2) is 10.7. The van der Waals surface area contributed by atoms with E-state index in [0.717, 1.165) is 43.7 Å². The molecule has 38 heavy (non-hydrogen) atoms. The molecule has 2 aliphatic rings. The van der Waals surface area contributed by atoms with E-state index < -0.39 is 18.1 Å². The molecule has 0 spiro atoms. The van der Waals surface area contributed by atoms with E-state index in [2.05, 4.69) is 32.4 Å². The zero-order chi connectivity index (χ0) is 26.1. The van der Waals surface area contributed by atoms with Crippen molar-refractivity contribution in [2.24, 2.45) is 0 Å². The molecule has 1 aromatic carbocycles. The number of nitrogens with zero attached hydrogens (tertiary/aromatic N) is 5. The van der Waals surface area contributed by atoms with Gasteiger partial charge >= 0.3 is 0 Å². The van der Waals surface area contributed by atoms with Gasteiger partial charge in [-0.25, -0.2) is 4.98 Å². The van der Waals surface area contributed by atoms with Crippen LogP contribution in [0.25, 0.3) is 16.8 Å². The molecule has 0 saturated carbocycles. The van der Waals surface area contributed by atoms with E-state index in [1.165, 1.54) is 11.1 Å². The predicted molar refractivity (Wildman–Crippen MR) is 141 cm³/mol. The summed E-state index contributed by atoms with van der Waals surface area (Å²) < 4.78 is 9.21. The van der Waals surface area contributed by atoms with Crippen LogP contribution in [0.3, 0.4) is 0 Å². The number of hydrogen-bond donors (Lipinski definition) is 3. The van der Waals surface area contributed by atoms with Crippen molar-refractivity contribution in [1.82, 2.24) is 29.4 Å². The Morgan fingerprint density at radius 1 is 1.08 bits per heavy atom. The number of imidazole rings is 1. The quantitative estimate of drug-likeness (QED) is 0.326. The monoisotopic (exact) mass is 516 g/mol. The van der Waals surface area contributed by atoms with Crippen LogP contribution in [-0.4, -0.2) is 85.2 Å². The minimum Gasteiger partial charge on any atom is -0.389 e. The number of carbonyl (C=O) groups is 1. The SMILES string of the molecule is O=C(NCC(O)C(O)CN1CCc2ccccc2C1)c1cn2cc(-c3cnn([C@@H]4CCOC4)c3)ccc2n1. The Morgan fingerprint density at radius 3 is 2.79 bits per heavy atom. The van der Waals surface area contributed by atoms with Crippen molar-refractivity contribution in [2.75, 3.05) is 32.8 Å². The fourth-order valence-electron chi connectivity index (χ4n) is 5.21. The van der Waals surface area contributed by atoms with E-state index in [4.69, 9.17) is 4.74 Å². The van der Waals surface area contributed by atoms with Gasteiger partial charge in [-0.1, -0.05) is 24.3 Å². The standard InChI is InChI=1S/C28H32N6O4/c35-25(26(36)17-32-9-7-19-3-1-2-4-20(19)13-32)12-29-28(37)24-16-33-14-21(5-6-27(33)31-24)22-11-30-34(15-22)23-8-10-38-18-23/h1-6,11,14-16,23,25-26,35-36H,7-10,12-13,17-18H2,(H,29,37)/t23-,25?,26?/m1/s1. The smallest absolute Gasteiger partial charge is 0.271 e. The molecule has 198 valence electrons. The number of ether oxygens (including phenoxy) is 1. The van der Waals surface area contributed by atoms with Gasteiger partial charge in [0.05, 0.1) is 31.1 Å². The van der Waals surface area contributed by atoms with Crippen LogP contribution in [0, 0.1) is 0 Å². The molecule has 0 radical (unpaired) electrons. The van der Waals surface area contributed by atoms with Crippen LogP contribution in [0.2, 0.25) is 0 Å². The molecule has 3 N–H and O–H groups in total. The summed E-state index contributed by atoms with van der Waals surface area (Å²) in [5.74, 6) is -0.401. The predicted octanol–water partition coefficient (Wildman–Crippen LogP) is 1.67. The molecule has 2 aliphatic heterocycles. The fourth-order valence-corrected chi connectivity index (χ4v) is 5.21. The molecule has 10 nitrogen and oxygen atoms in total. The van der Waals surface area contributed by atoms with Crippen molar-refractivity contribution in [3.8, 4) is 11.1 Å². The number of aliphatic hydroxyl groups excluding tert-OH is 2. The topological polar surface area (TPSA) is 117 Å². The molecule has 10 heteroatoms. The maximum atomic E-state index is 12.8. The van der Waals surface area contributed by atoms with Crippen molar-refractivity contribution < 1.29 is 19.7 Å². The number of hydrogen-bond acceptors (Lipinski definition) is 7. The largest absolute Gasteiger partial charge is 0.389 e. The number of amides is 1. The van der Waals surface area contributed by atoms with E-state index >= 15 is 0 Å². The van der Waals surface area contributed by atoms with Crippen LogP contribution in [0.5, 0.6) is 0 Å². The van der Waals surface area contributed by atoms with Gasteiger partial charge in [0.15, 0.2) is 0 Å². The average Bonchev–Trinajstić information content (AvgIpc) is 3.71. The minimum atomic E-state index is -1.08. The zero-order valence-electron chi connectivity index (χ0n) is 21.1. The summed E-state index contributed by atoms with van der Waals surface area (Å²) in [7, 11) is 0. The maximum Gasteiger partial charge on any atom is 0.271 e. The van der Waals surface area contributed by atoms with Crippen LogP contribution in [0.1, 0.15) is 34.1 Å². The Morgan fingerprint density at radius 2 is 1.95 bits per heavy atom. The molecule has 2 unspecified atom stereocenters. The summed E-state index contributed by atoms with van der Waals surface area (Å²) in [6, 6.07) is 12.4. The highest BCUT2D eigenvalue weighted by Gasteiger charge is 2.24. The number of aliphatic hydroxyl groups is 2. The molecule has 4 aromatic rings. The molecule has 1 amide bonds. The Hall–Kier alpha value is -3.57. The van der Waals surface area contributed by atoms with E-state index in [9.17, 15) is 15.0 Å². The number of pyridine rings is 1. The number of nitrogens with one attached hydrogen (secondary N) is 1. The number of benzene rings is 1. The highest BCUT2D eigenvalue weighted by Crippen LogP contribution is 2.24. The summed E-state index contributed by atoms with van der Waals surface area (Å²) in [5, 5.41) is 28.2. The number of aromatic nitrogens is 4. The Labute approximate surface area is 220 Å². The number of fused-ring (bicyclic) bond motifs is 2. The molecule has 3 atom stereocenters. The molecule has 1 saturated heterocycles. The number of carbonyl (C=O) groups excluding carboxylic acids is 1. The summed E-state index contributed by atoms with van der Waals surface area (Å²) in [6.07, 6.45) is 7.25. The molecule has 5 heterocycles. The van der Waals surface area contributed by atoms with E-state index in [0.29, 0.717) is 18.8 Å². The first-order valence-corrected chi connectivity index (χ1v) is 13.1. The van der Waals surface area contributed by atoms with Gasteiger partial charge in [0.25, 0.3) is 5.91 Å². The Balaban J connectivity index is 1.04. The van der Waals surface area contributed by atoms with Crippen molar-refractivity contribution in [3.05, 3.63) is 78.0 Å². The normalized spacial score (nSPS) is 19.4. The molecule has 0 bridgehead atoms. The second-order valence-corrected chi connectivity index (χ2v) is 10.1. The lowest BCUT2D eigenvalue weighted by atomic mass is 9.99.